The van der Waals surface area contributed by atoms with Crippen LogP contribution >= 0.6 is 0 Å². The highest BCUT2D eigenvalue weighted by molar-refractivity contribution is 7.90. The molecule has 5 rings (SSSR count). The van der Waals surface area contributed by atoms with E-state index in [9.17, 15) is 16.8 Å². The largest absolute Gasteiger partial charge is 0.383 e. The lowest BCUT2D eigenvalue weighted by Gasteiger charge is -2.31. The monoisotopic (exact) mass is 712 g/mol. The van der Waals surface area contributed by atoms with Crippen molar-refractivity contribution < 1.29 is 21.6 Å². The molecule has 3 aromatic rings. The van der Waals surface area contributed by atoms with Crippen LogP contribution in [-0.4, -0.2) is 121 Å². The predicted molar refractivity (Wildman–Crippen MR) is 196 cm³/mol. The first kappa shape index (κ1) is 37.2. The molecule has 268 valence electrons. The Morgan fingerprint density at radius 1 is 0.714 bits per heavy atom. The van der Waals surface area contributed by atoms with E-state index in [4.69, 9.17) is 4.74 Å². The highest BCUT2D eigenvalue weighted by Gasteiger charge is 2.33. The van der Waals surface area contributed by atoms with Crippen molar-refractivity contribution in [2.75, 3.05) is 96.4 Å². The molecule has 49 heavy (non-hydrogen) atoms. The van der Waals surface area contributed by atoms with Gasteiger partial charge in [-0.1, -0.05) is 60.7 Å². The lowest BCUT2D eigenvalue weighted by molar-refractivity contribution is 0.0398. The van der Waals surface area contributed by atoms with Gasteiger partial charge in [-0.15, -0.1) is 0 Å². The van der Waals surface area contributed by atoms with Gasteiger partial charge in [0.2, 0.25) is 20.0 Å². The van der Waals surface area contributed by atoms with Gasteiger partial charge >= 0.3 is 0 Å². The van der Waals surface area contributed by atoms with Crippen molar-refractivity contribution >= 4 is 31.4 Å². The van der Waals surface area contributed by atoms with Crippen LogP contribution in [0, 0.1) is 0 Å². The lowest BCUT2D eigenvalue weighted by atomic mass is 10.2. The Morgan fingerprint density at radius 2 is 1.24 bits per heavy atom. The zero-order chi connectivity index (χ0) is 34.9. The molecule has 0 saturated carbocycles. The molecular formula is C36H52N6O5S2. The van der Waals surface area contributed by atoms with Crippen LogP contribution < -0.4 is 10.2 Å². The molecule has 0 aromatic heterocycles. The zero-order valence-corrected chi connectivity index (χ0v) is 30.8. The normalized spacial score (nSPS) is 16.4. The second kappa shape index (κ2) is 17.3. The fourth-order valence-corrected chi connectivity index (χ4v) is 9.21. The van der Waals surface area contributed by atoms with Crippen molar-refractivity contribution in [3.8, 4) is 0 Å². The smallest absolute Gasteiger partial charge is 0.245 e. The quantitative estimate of drug-likeness (QED) is 0.223. The van der Waals surface area contributed by atoms with E-state index in [0.29, 0.717) is 50.8 Å². The molecule has 2 aliphatic rings. The third kappa shape index (κ3) is 9.60. The highest BCUT2D eigenvalue weighted by atomic mass is 32.2. The number of hydrogen-bond acceptors (Lipinski definition) is 9. The Kier molecular flexibility index (Phi) is 13.1. The summed E-state index contributed by atoms with van der Waals surface area (Å²) in [6.45, 7) is 10.5. The maximum Gasteiger partial charge on any atom is 0.245 e. The number of hydrogen-bond donors (Lipinski definition) is 1. The van der Waals surface area contributed by atoms with Crippen LogP contribution in [0.2, 0.25) is 0 Å². The van der Waals surface area contributed by atoms with Gasteiger partial charge in [0, 0.05) is 73.0 Å². The number of likely N-dealkylation sites (N-methyl/N-ethyl adjacent to an activating group) is 1. The summed E-state index contributed by atoms with van der Waals surface area (Å²) in [6.07, 6.45) is 2.33. The summed E-state index contributed by atoms with van der Waals surface area (Å²) in [5, 5.41) is 3.42. The van der Waals surface area contributed by atoms with E-state index in [1.165, 1.54) is 21.7 Å². The standard InChI is InChI=1S/C36H52N6O5S2/c1-4-42(22-21-40-18-11-12-19-40)34-27-33(37-17-20-41-23-25-47-26-24-41)35(48(43,44)38(2)29-31-13-7-5-8-14-31)28-36(34)49(45,46)39(3)30-32-15-9-6-10-16-32/h5-10,13-16,27-28,37H,4,11-12,17-26,29-30H2,1-3H3. The molecule has 2 aliphatic heterocycles. The molecule has 11 nitrogen and oxygen atoms in total. The Labute approximate surface area is 293 Å². The second-order valence-corrected chi connectivity index (χ2v) is 16.8. The summed E-state index contributed by atoms with van der Waals surface area (Å²) in [5.74, 6) is 0. The molecule has 0 bridgehead atoms. The van der Waals surface area contributed by atoms with Gasteiger partial charge in [-0.3, -0.25) is 4.90 Å². The molecule has 2 heterocycles. The summed E-state index contributed by atoms with van der Waals surface area (Å²) in [5.41, 5.74) is 2.57. The van der Waals surface area contributed by atoms with E-state index in [1.54, 1.807) is 13.1 Å². The van der Waals surface area contributed by atoms with E-state index >= 15 is 0 Å². The molecule has 3 aromatic carbocycles. The first-order chi connectivity index (χ1) is 23.6. The number of nitrogens with one attached hydrogen (secondary N) is 1. The first-order valence-corrected chi connectivity index (χ1v) is 20.2. The molecule has 0 amide bonds. The summed E-state index contributed by atoms with van der Waals surface area (Å²) in [6, 6.07) is 22.0. The van der Waals surface area contributed by atoms with Crippen LogP contribution in [0.15, 0.2) is 82.6 Å². The first-order valence-electron chi connectivity index (χ1n) is 17.3. The van der Waals surface area contributed by atoms with Crippen molar-refractivity contribution in [1.29, 1.82) is 0 Å². The number of benzene rings is 3. The number of nitrogens with zero attached hydrogens (tertiary/aromatic N) is 5. The van der Waals surface area contributed by atoms with Crippen molar-refractivity contribution in [2.24, 2.45) is 0 Å². The molecule has 2 saturated heterocycles. The van der Waals surface area contributed by atoms with Gasteiger partial charge in [0.05, 0.1) is 24.6 Å². The summed E-state index contributed by atoms with van der Waals surface area (Å²) < 4.78 is 66.1. The second-order valence-electron chi connectivity index (χ2n) is 12.8. The van der Waals surface area contributed by atoms with E-state index < -0.39 is 20.0 Å². The minimum atomic E-state index is -4.14. The van der Waals surface area contributed by atoms with Gasteiger partial charge in [-0.2, -0.15) is 8.61 Å². The van der Waals surface area contributed by atoms with Crippen LogP contribution in [0.5, 0.6) is 0 Å². The zero-order valence-electron chi connectivity index (χ0n) is 29.1. The van der Waals surface area contributed by atoms with Crippen LogP contribution in [-0.2, 0) is 37.9 Å². The molecule has 13 heteroatoms. The van der Waals surface area contributed by atoms with E-state index in [2.05, 4.69) is 20.0 Å². The minimum Gasteiger partial charge on any atom is -0.383 e. The average Bonchev–Trinajstić information content (AvgIpc) is 3.63. The number of anilines is 2. The van der Waals surface area contributed by atoms with E-state index in [1.807, 2.05) is 67.6 Å². The molecule has 2 fully saturated rings. The maximum absolute atomic E-state index is 14.6. The average molecular weight is 713 g/mol. The molecule has 0 atom stereocenters. The minimum absolute atomic E-state index is 0.0142. The van der Waals surface area contributed by atoms with Crippen molar-refractivity contribution in [1.82, 2.24) is 18.4 Å². The molecule has 0 aliphatic carbocycles. The van der Waals surface area contributed by atoms with Gasteiger partial charge in [0.1, 0.15) is 9.79 Å². The fourth-order valence-electron chi connectivity index (χ4n) is 6.43. The number of likely N-dealkylation sites (tertiary alicyclic amines) is 1. The summed E-state index contributed by atoms with van der Waals surface area (Å²) >= 11 is 0. The maximum atomic E-state index is 14.6. The molecule has 0 spiro atoms. The van der Waals surface area contributed by atoms with Crippen molar-refractivity contribution in [3.63, 3.8) is 0 Å². The van der Waals surface area contributed by atoms with Gasteiger partial charge in [-0.05, 0) is 56.1 Å². The van der Waals surface area contributed by atoms with Gasteiger partial charge in [0.25, 0.3) is 0 Å². The van der Waals surface area contributed by atoms with Crippen LogP contribution in [0.4, 0.5) is 11.4 Å². The molecule has 0 unspecified atom stereocenters. The highest BCUT2D eigenvalue weighted by Crippen LogP contribution is 2.37. The molecular weight excluding hydrogens is 661 g/mol. The Bertz CT molecular complexity index is 1700. The van der Waals surface area contributed by atoms with Gasteiger partial charge in [-0.25, -0.2) is 16.8 Å². The van der Waals surface area contributed by atoms with Crippen LogP contribution in [0.25, 0.3) is 0 Å². The van der Waals surface area contributed by atoms with Gasteiger partial charge < -0.3 is 19.9 Å². The number of morpholine rings is 1. The fraction of sp³-hybridized carbons (Fsp3) is 0.500. The third-order valence-electron chi connectivity index (χ3n) is 9.39. The van der Waals surface area contributed by atoms with E-state index in [-0.39, 0.29) is 22.9 Å². The van der Waals surface area contributed by atoms with E-state index in [0.717, 1.165) is 56.7 Å². The third-order valence-corrected chi connectivity index (χ3v) is 13.1. The summed E-state index contributed by atoms with van der Waals surface area (Å²) in [4.78, 5) is 6.67. The predicted octanol–water partition coefficient (Wildman–Crippen LogP) is 3.99. The number of rotatable bonds is 17. The number of ether oxygens (including phenoxy) is 1. The summed E-state index contributed by atoms with van der Waals surface area (Å²) in [7, 11) is -5.18. The molecule has 1 N–H and O–H groups in total. The van der Waals surface area contributed by atoms with Crippen molar-refractivity contribution in [3.05, 3.63) is 83.9 Å². The Hall–Kier alpha value is -3.04. The SMILES string of the molecule is CCN(CCN1CCCC1)c1cc(NCCN2CCOCC2)c(S(=O)(=O)N(C)Cc2ccccc2)cc1S(=O)(=O)N(C)Cc1ccccc1. The van der Waals surface area contributed by atoms with Crippen LogP contribution in [0.3, 0.4) is 0 Å². The Balaban J connectivity index is 1.58. The number of sulfonamides is 2. The topological polar surface area (TPSA) is 106 Å². The van der Waals surface area contributed by atoms with Crippen molar-refractivity contribution in [2.45, 2.75) is 42.6 Å². The van der Waals surface area contributed by atoms with Gasteiger partial charge in [0.15, 0.2) is 0 Å². The Morgan fingerprint density at radius 3 is 1.80 bits per heavy atom. The molecule has 0 radical (unpaired) electrons. The lowest BCUT2D eigenvalue weighted by Crippen LogP contribution is -2.39. The van der Waals surface area contributed by atoms with Crippen LogP contribution in [0.1, 0.15) is 30.9 Å².